The molecule has 0 atom stereocenters. The number of carboxylic acids is 1. The van der Waals surface area contributed by atoms with Gasteiger partial charge < -0.3 is 21.1 Å². The Morgan fingerprint density at radius 2 is 2.12 bits per heavy atom. The minimum Gasteiger partial charge on any atom is -0.478 e. The first-order chi connectivity index (χ1) is 7.41. The van der Waals surface area contributed by atoms with E-state index in [0.29, 0.717) is 11.4 Å². The molecule has 1 aromatic carbocycles. The zero-order valence-electron chi connectivity index (χ0n) is 9.02. The molecule has 16 heavy (non-hydrogen) atoms. The van der Waals surface area contributed by atoms with Gasteiger partial charge in [0.25, 0.3) is 0 Å². The number of aromatic carboxylic acids is 1. The molecule has 0 saturated carbocycles. The smallest absolute Gasteiger partial charge is 0.337 e. The maximum atomic E-state index is 11.0. The van der Waals surface area contributed by atoms with Gasteiger partial charge in [-0.25, -0.2) is 4.79 Å². The van der Waals surface area contributed by atoms with E-state index in [4.69, 9.17) is 10.8 Å². The average molecular weight is 239 g/mol. The Kier molecular flexibility index (Phi) is 3.68. The summed E-state index contributed by atoms with van der Waals surface area (Å²) in [5.41, 5.74) is 6.70. The summed E-state index contributed by atoms with van der Waals surface area (Å²) in [6.45, 7) is 0. The Balaban J connectivity index is 3.17. The first-order valence-corrected chi connectivity index (χ1v) is 4.93. The first-order valence-electron chi connectivity index (χ1n) is 4.53. The van der Waals surface area contributed by atoms with E-state index in [-0.39, 0.29) is 10.7 Å². The summed E-state index contributed by atoms with van der Waals surface area (Å²) in [7, 11) is 3.56. The molecule has 0 aliphatic rings. The third-order valence-corrected chi connectivity index (χ3v) is 2.08. The molecule has 0 fully saturated rings. The van der Waals surface area contributed by atoms with Gasteiger partial charge in [-0.15, -0.1) is 0 Å². The van der Waals surface area contributed by atoms with E-state index in [0.717, 1.165) is 0 Å². The van der Waals surface area contributed by atoms with Gasteiger partial charge in [0.2, 0.25) is 0 Å². The maximum Gasteiger partial charge on any atom is 0.337 e. The molecule has 86 valence electrons. The lowest BCUT2D eigenvalue weighted by atomic mass is 10.1. The third-order valence-electron chi connectivity index (χ3n) is 1.98. The number of thiocarbonyl (C=S) groups is 1. The van der Waals surface area contributed by atoms with Crippen molar-refractivity contribution in [1.82, 2.24) is 0 Å². The standard InChI is InChI=1S/C10H13N3O2S/c1-13(2)8-4-3-6(12-10(11)16)5-7(8)9(14)15/h3-5H,1-2H3,(H,14,15)(H3,11,12,16). The van der Waals surface area contributed by atoms with Crippen molar-refractivity contribution in [3.63, 3.8) is 0 Å². The van der Waals surface area contributed by atoms with Crippen LogP contribution in [-0.2, 0) is 0 Å². The number of carboxylic acid groups (broad SMARTS) is 1. The van der Waals surface area contributed by atoms with Crippen molar-refractivity contribution >= 4 is 34.7 Å². The lowest BCUT2D eigenvalue weighted by molar-refractivity contribution is 0.0697. The molecular weight excluding hydrogens is 226 g/mol. The third kappa shape index (κ3) is 2.83. The molecule has 0 spiro atoms. The molecular formula is C10H13N3O2S. The van der Waals surface area contributed by atoms with Crippen LogP contribution in [0.15, 0.2) is 18.2 Å². The Hall–Kier alpha value is -1.82. The van der Waals surface area contributed by atoms with Gasteiger partial charge >= 0.3 is 5.97 Å². The molecule has 6 heteroatoms. The number of benzene rings is 1. The molecule has 0 aliphatic carbocycles. The summed E-state index contributed by atoms with van der Waals surface area (Å²) in [6.07, 6.45) is 0. The summed E-state index contributed by atoms with van der Waals surface area (Å²) in [5.74, 6) is -0.990. The van der Waals surface area contributed by atoms with Crippen molar-refractivity contribution in [2.45, 2.75) is 0 Å². The fourth-order valence-corrected chi connectivity index (χ4v) is 1.44. The zero-order valence-corrected chi connectivity index (χ0v) is 9.84. The average Bonchev–Trinajstić information content (AvgIpc) is 2.16. The summed E-state index contributed by atoms with van der Waals surface area (Å²) < 4.78 is 0. The lowest BCUT2D eigenvalue weighted by Gasteiger charge is -2.16. The predicted molar refractivity (Wildman–Crippen MR) is 68.1 cm³/mol. The van der Waals surface area contributed by atoms with Crippen LogP contribution in [0, 0.1) is 0 Å². The predicted octanol–water partition coefficient (Wildman–Crippen LogP) is 1.11. The monoisotopic (exact) mass is 239 g/mol. The van der Waals surface area contributed by atoms with Crippen molar-refractivity contribution in [3.8, 4) is 0 Å². The molecule has 4 N–H and O–H groups in total. The molecule has 0 heterocycles. The minimum atomic E-state index is -0.990. The van der Waals surface area contributed by atoms with Crippen molar-refractivity contribution in [2.75, 3.05) is 24.3 Å². The van der Waals surface area contributed by atoms with Crippen LogP contribution in [0.3, 0.4) is 0 Å². The van der Waals surface area contributed by atoms with Crippen LogP contribution in [0.4, 0.5) is 11.4 Å². The Bertz CT molecular complexity index is 432. The summed E-state index contributed by atoms with van der Waals surface area (Å²) in [6, 6.07) is 4.92. The molecule has 0 aliphatic heterocycles. The number of anilines is 2. The normalized spacial score (nSPS) is 9.62. The Labute approximate surface area is 98.9 Å². The number of nitrogens with two attached hydrogens (primary N) is 1. The van der Waals surface area contributed by atoms with E-state index in [2.05, 4.69) is 17.5 Å². The quantitative estimate of drug-likeness (QED) is 0.686. The number of rotatable bonds is 3. The highest BCUT2D eigenvalue weighted by molar-refractivity contribution is 7.80. The van der Waals surface area contributed by atoms with E-state index < -0.39 is 5.97 Å². The van der Waals surface area contributed by atoms with Crippen LogP contribution in [0.1, 0.15) is 10.4 Å². The highest BCUT2D eigenvalue weighted by Gasteiger charge is 2.12. The van der Waals surface area contributed by atoms with Crippen molar-refractivity contribution < 1.29 is 9.90 Å². The Morgan fingerprint density at radius 1 is 1.50 bits per heavy atom. The topological polar surface area (TPSA) is 78.6 Å². The fourth-order valence-electron chi connectivity index (χ4n) is 1.32. The van der Waals surface area contributed by atoms with Crippen LogP contribution in [0.5, 0.6) is 0 Å². The summed E-state index contributed by atoms with van der Waals surface area (Å²) in [4.78, 5) is 12.8. The van der Waals surface area contributed by atoms with Gasteiger partial charge in [0.05, 0.1) is 11.3 Å². The second-order valence-electron chi connectivity index (χ2n) is 3.42. The second-order valence-corrected chi connectivity index (χ2v) is 3.86. The molecule has 0 saturated heterocycles. The van der Waals surface area contributed by atoms with Gasteiger partial charge in [0.15, 0.2) is 5.11 Å². The molecule has 0 bridgehead atoms. The first kappa shape index (κ1) is 12.3. The van der Waals surface area contributed by atoms with Gasteiger partial charge in [-0.2, -0.15) is 0 Å². The minimum absolute atomic E-state index is 0.106. The van der Waals surface area contributed by atoms with Crippen molar-refractivity contribution in [3.05, 3.63) is 23.8 Å². The van der Waals surface area contributed by atoms with E-state index in [1.165, 1.54) is 6.07 Å². The summed E-state index contributed by atoms with van der Waals surface area (Å²) >= 11 is 4.68. The molecule has 0 amide bonds. The van der Waals surface area contributed by atoms with E-state index in [9.17, 15) is 4.79 Å². The molecule has 1 rings (SSSR count). The van der Waals surface area contributed by atoms with E-state index in [1.807, 2.05) is 0 Å². The largest absolute Gasteiger partial charge is 0.478 e. The number of carbonyl (C=O) groups is 1. The number of hydrogen-bond donors (Lipinski definition) is 3. The fraction of sp³-hybridized carbons (Fsp3) is 0.200. The van der Waals surface area contributed by atoms with Crippen molar-refractivity contribution in [1.29, 1.82) is 0 Å². The maximum absolute atomic E-state index is 11.0. The van der Waals surface area contributed by atoms with Crippen LogP contribution in [0.2, 0.25) is 0 Å². The number of hydrogen-bond acceptors (Lipinski definition) is 3. The molecule has 5 nitrogen and oxygen atoms in total. The SMILES string of the molecule is CN(C)c1ccc(NC(N)=S)cc1C(=O)O. The molecule has 0 aromatic heterocycles. The highest BCUT2D eigenvalue weighted by Crippen LogP contribution is 2.22. The second kappa shape index (κ2) is 4.80. The van der Waals surface area contributed by atoms with Crippen molar-refractivity contribution in [2.24, 2.45) is 5.73 Å². The van der Waals surface area contributed by atoms with Gasteiger partial charge in [-0.3, -0.25) is 0 Å². The van der Waals surface area contributed by atoms with E-state index >= 15 is 0 Å². The highest BCUT2D eigenvalue weighted by atomic mass is 32.1. The number of nitrogens with one attached hydrogen (secondary N) is 1. The van der Waals surface area contributed by atoms with Crippen LogP contribution in [-0.4, -0.2) is 30.3 Å². The van der Waals surface area contributed by atoms with Gasteiger partial charge in [-0.1, -0.05) is 0 Å². The van der Waals surface area contributed by atoms with Crippen LogP contribution in [0.25, 0.3) is 0 Å². The van der Waals surface area contributed by atoms with Gasteiger partial charge in [0.1, 0.15) is 0 Å². The van der Waals surface area contributed by atoms with Crippen LogP contribution < -0.4 is 16.0 Å². The van der Waals surface area contributed by atoms with Gasteiger partial charge in [0, 0.05) is 19.8 Å². The number of nitrogens with zero attached hydrogens (tertiary/aromatic N) is 1. The van der Waals surface area contributed by atoms with Gasteiger partial charge in [-0.05, 0) is 30.4 Å². The zero-order chi connectivity index (χ0) is 12.3. The molecule has 0 radical (unpaired) electrons. The Morgan fingerprint density at radius 3 is 2.56 bits per heavy atom. The molecule has 0 unspecified atom stereocenters. The van der Waals surface area contributed by atoms with E-state index in [1.54, 1.807) is 31.1 Å². The molecule has 1 aromatic rings. The summed E-state index contributed by atoms with van der Waals surface area (Å²) in [5, 5.41) is 11.9. The van der Waals surface area contributed by atoms with Crippen LogP contribution >= 0.6 is 12.2 Å². The lowest BCUT2D eigenvalue weighted by Crippen LogP contribution is -2.20.